The van der Waals surface area contributed by atoms with Gasteiger partial charge in [-0.1, -0.05) is 12.1 Å². The summed E-state index contributed by atoms with van der Waals surface area (Å²) in [5.74, 6) is -0.0200. The Labute approximate surface area is 162 Å². The molecule has 0 saturated carbocycles. The van der Waals surface area contributed by atoms with Crippen LogP contribution in [0.1, 0.15) is 31.1 Å². The van der Waals surface area contributed by atoms with Crippen molar-refractivity contribution in [1.29, 1.82) is 0 Å². The predicted octanol–water partition coefficient (Wildman–Crippen LogP) is 1.74. The summed E-state index contributed by atoms with van der Waals surface area (Å²) in [4.78, 5) is 38.3. The highest BCUT2D eigenvalue weighted by molar-refractivity contribution is 6.21. The highest BCUT2D eigenvalue weighted by Crippen LogP contribution is 2.38. The number of carbonyl (C=O) groups is 3. The first kappa shape index (κ1) is 19.2. The third-order valence-electron chi connectivity index (χ3n) is 4.43. The normalized spacial score (nSPS) is 12.6. The Hall–Kier alpha value is -3.55. The quantitative estimate of drug-likeness (QED) is 0.731. The van der Waals surface area contributed by atoms with Gasteiger partial charge in [-0.3, -0.25) is 19.3 Å². The molecule has 0 saturated heterocycles. The molecule has 8 heteroatoms. The van der Waals surface area contributed by atoms with Crippen LogP contribution in [0.2, 0.25) is 0 Å². The molecule has 8 nitrogen and oxygen atoms in total. The van der Waals surface area contributed by atoms with Crippen LogP contribution in [0.4, 0.5) is 0 Å². The summed E-state index contributed by atoms with van der Waals surface area (Å²) in [7, 11) is 4.39. The minimum absolute atomic E-state index is 0.0719. The predicted molar refractivity (Wildman–Crippen MR) is 100 cm³/mol. The molecular formula is C20H20N2O6. The van der Waals surface area contributed by atoms with Crippen LogP contribution < -0.4 is 19.5 Å². The second kappa shape index (κ2) is 7.99. The van der Waals surface area contributed by atoms with E-state index >= 15 is 0 Å². The molecule has 1 aliphatic heterocycles. The summed E-state index contributed by atoms with van der Waals surface area (Å²) in [6.07, 6.45) is 0. The average Bonchev–Trinajstić information content (AvgIpc) is 2.97. The number of methoxy groups -OCH3 is 3. The molecular weight excluding hydrogens is 364 g/mol. The molecule has 0 radical (unpaired) electrons. The molecule has 1 N–H and O–H groups in total. The van der Waals surface area contributed by atoms with Gasteiger partial charge in [0.25, 0.3) is 17.7 Å². The van der Waals surface area contributed by atoms with E-state index in [0.29, 0.717) is 33.9 Å². The van der Waals surface area contributed by atoms with E-state index in [1.165, 1.54) is 33.5 Å². The maximum Gasteiger partial charge on any atom is 0.261 e. The van der Waals surface area contributed by atoms with Crippen LogP contribution >= 0.6 is 0 Å². The molecule has 3 rings (SSSR count). The molecule has 3 amide bonds. The Morgan fingerprint density at radius 1 is 0.929 bits per heavy atom. The van der Waals surface area contributed by atoms with Gasteiger partial charge in [-0.2, -0.15) is 0 Å². The van der Waals surface area contributed by atoms with E-state index in [0.717, 1.165) is 4.90 Å². The molecule has 146 valence electrons. The highest BCUT2D eigenvalue weighted by Gasteiger charge is 2.34. The number of amides is 3. The molecule has 0 fully saturated rings. The zero-order valence-corrected chi connectivity index (χ0v) is 15.8. The van der Waals surface area contributed by atoms with Gasteiger partial charge in [0.15, 0.2) is 11.5 Å². The number of carbonyl (C=O) groups excluding carboxylic acids is 3. The van der Waals surface area contributed by atoms with E-state index in [9.17, 15) is 14.4 Å². The minimum Gasteiger partial charge on any atom is -0.493 e. The minimum atomic E-state index is -0.393. The van der Waals surface area contributed by atoms with Gasteiger partial charge >= 0.3 is 0 Å². The Morgan fingerprint density at radius 3 is 1.93 bits per heavy atom. The lowest BCUT2D eigenvalue weighted by Crippen LogP contribution is -2.38. The molecule has 2 aromatic carbocycles. The van der Waals surface area contributed by atoms with Crippen LogP contribution in [-0.2, 0) is 0 Å². The lowest BCUT2D eigenvalue weighted by Gasteiger charge is -2.16. The second-order valence-electron chi connectivity index (χ2n) is 5.98. The van der Waals surface area contributed by atoms with Gasteiger partial charge in [-0.25, -0.2) is 0 Å². The van der Waals surface area contributed by atoms with Gasteiger partial charge in [-0.15, -0.1) is 0 Å². The summed E-state index contributed by atoms with van der Waals surface area (Å²) >= 11 is 0. The van der Waals surface area contributed by atoms with Crippen molar-refractivity contribution in [2.24, 2.45) is 0 Å². The summed E-state index contributed by atoms with van der Waals surface area (Å²) in [6, 6.07) is 9.70. The summed E-state index contributed by atoms with van der Waals surface area (Å²) in [5, 5.41) is 2.70. The van der Waals surface area contributed by atoms with E-state index in [-0.39, 0.29) is 24.9 Å². The average molecular weight is 384 g/mol. The van der Waals surface area contributed by atoms with Crippen molar-refractivity contribution < 1.29 is 28.6 Å². The van der Waals surface area contributed by atoms with E-state index in [1.807, 2.05) is 0 Å². The van der Waals surface area contributed by atoms with Crippen LogP contribution in [0.25, 0.3) is 0 Å². The fourth-order valence-corrected chi connectivity index (χ4v) is 3.04. The van der Waals surface area contributed by atoms with Crippen molar-refractivity contribution in [2.75, 3.05) is 34.4 Å². The molecule has 0 bridgehead atoms. The topological polar surface area (TPSA) is 94.2 Å². The van der Waals surface area contributed by atoms with Gasteiger partial charge in [0.2, 0.25) is 5.75 Å². The number of hydrogen-bond donors (Lipinski definition) is 1. The molecule has 0 aromatic heterocycles. The van der Waals surface area contributed by atoms with Crippen molar-refractivity contribution in [2.45, 2.75) is 0 Å². The van der Waals surface area contributed by atoms with Crippen molar-refractivity contribution >= 4 is 17.7 Å². The number of nitrogens with zero attached hydrogens (tertiary/aromatic N) is 1. The van der Waals surface area contributed by atoms with Crippen molar-refractivity contribution in [3.8, 4) is 17.2 Å². The van der Waals surface area contributed by atoms with Crippen LogP contribution in [0.15, 0.2) is 36.4 Å². The van der Waals surface area contributed by atoms with Crippen molar-refractivity contribution in [3.63, 3.8) is 0 Å². The first-order chi connectivity index (χ1) is 13.5. The lowest BCUT2D eigenvalue weighted by atomic mass is 10.1. The first-order valence-corrected chi connectivity index (χ1v) is 8.55. The fraction of sp³-hybridized carbons (Fsp3) is 0.250. The molecule has 0 unspecified atom stereocenters. The van der Waals surface area contributed by atoms with E-state index in [1.54, 1.807) is 24.3 Å². The molecule has 0 spiro atoms. The lowest BCUT2D eigenvalue weighted by molar-refractivity contribution is 0.0650. The smallest absolute Gasteiger partial charge is 0.261 e. The van der Waals surface area contributed by atoms with Gasteiger partial charge < -0.3 is 19.5 Å². The second-order valence-corrected chi connectivity index (χ2v) is 5.98. The Bertz CT molecular complexity index is 880. The number of fused-ring (bicyclic) bond motifs is 1. The van der Waals surface area contributed by atoms with Crippen LogP contribution in [0, 0.1) is 0 Å². The first-order valence-electron chi connectivity index (χ1n) is 8.55. The third-order valence-corrected chi connectivity index (χ3v) is 4.43. The van der Waals surface area contributed by atoms with Crippen LogP contribution in [0.5, 0.6) is 17.2 Å². The SMILES string of the molecule is COc1cc(C(=O)NCCN2C(=O)c3ccccc3C2=O)cc(OC)c1OC. The standard InChI is InChI=1S/C20H20N2O6/c1-26-15-10-12(11-16(27-2)17(15)28-3)18(23)21-8-9-22-19(24)13-6-4-5-7-14(13)20(22)25/h4-7,10-11H,8-9H2,1-3H3,(H,21,23). The third kappa shape index (κ3) is 3.36. The zero-order valence-electron chi connectivity index (χ0n) is 15.8. The molecule has 0 atom stereocenters. The molecule has 28 heavy (non-hydrogen) atoms. The van der Waals surface area contributed by atoms with Gasteiger partial charge in [0.1, 0.15) is 0 Å². The Morgan fingerprint density at radius 2 is 1.46 bits per heavy atom. The number of rotatable bonds is 7. The molecule has 2 aromatic rings. The monoisotopic (exact) mass is 384 g/mol. The van der Waals surface area contributed by atoms with Crippen LogP contribution in [-0.4, -0.2) is 57.0 Å². The van der Waals surface area contributed by atoms with E-state index < -0.39 is 5.91 Å². The van der Waals surface area contributed by atoms with E-state index in [2.05, 4.69) is 5.32 Å². The number of ether oxygens (including phenoxy) is 3. The molecule has 1 heterocycles. The van der Waals surface area contributed by atoms with Gasteiger partial charge in [0.05, 0.1) is 32.5 Å². The summed E-state index contributed by atoms with van der Waals surface area (Å²) in [5.41, 5.74) is 1.06. The van der Waals surface area contributed by atoms with E-state index in [4.69, 9.17) is 14.2 Å². The number of nitrogens with one attached hydrogen (secondary N) is 1. The zero-order chi connectivity index (χ0) is 20.3. The summed E-state index contributed by atoms with van der Waals surface area (Å²) < 4.78 is 15.7. The van der Waals surface area contributed by atoms with Gasteiger partial charge in [-0.05, 0) is 24.3 Å². The maximum absolute atomic E-state index is 12.5. The number of imide groups is 1. The Kier molecular flexibility index (Phi) is 5.49. The van der Waals surface area contributed by atoms with Crippen molar-refractivity contribution in [3.05, 3.63) is 53.1 Å². The highest BCUT2D eigenvalue weighted by atomic mass is 16.5. The molecule has 1 aliphatic rings. The molecule has 0 aliphatic carbocycles. The van der Waals surface area contributed by atoms with Gasteiger partial charge in [0, 0.05) is 18.7 Å². The maximum atomic E-state index is 12.5. The van der Waals surface area contributed by atoms with Crippen molar-refractivity contribution in [1.82, 2.24) is 10.2 Å². The van der Waals surface area contributed by atoms with Crippen LogP contribution in [0.3, 0.4) is 0 Å². The summed E-state index contributed by atoms with van der Waals surface area (Å²) in [6.45, 7) is 0.184. The number of hydrogen-bond acceptors (Lipinski definition) is 6. The largest absolute Gasteiger partial charge is 0.493 e. The number of benzene rings is 2. The fourth-order valence-electron chi connectivity index (χ4n) is 3.04. The Balaban J connectivity index is 1.67.